The number of piperazine rings is 1. The first-order chi connectivity index (χ1) is 16.8. The fourth-order valence-electron chi connectivity index (χ4n) is 4.33. The van der Waals surface area contributed by atoms with Gasteiger partial charge in [-0.1, -0.05) is 23.7 Å². The highest BCUT2D eigenvalue weighted by atomic mass is 35.5. The van der Waals surface area contributed by atoms with Crippen molar-refractivity contribution in [3.8, 4) is 5.75 Å². The monoisotopic (exact) mass is 515 g/mol. The van der Waals surface area contributed by atoms with Crippen molar-refractivity contribution < 1.29 is 22.3 Å². The van der Waals surface area contributed by atoms with Gasteiger partial charge < -0.3 is 14.5 Å². The Balaban J connectivity index is 1.35. The van der Waals surface area contributed by atoms with Gasteiger partial charge in [-0.15, -0.1) is 0 Å². The maximum Gasteiger partial charge on any atom is 0.265 e. The SMILES string of the molecule is O=C([C@@H]1CN(S(=O)(=O)c2ccc(Cl)cc2)c2ccccc2O1)N1CCN(c2ccc(F)cc2)CC1. The summed E-state index contributed by atoms with van der Waals surface area (Å²) in [6.45, 7) is 1.91. The number of ether oxygens (including phenoxy) is 1. The van der Waals surface area contributed by atoms with Crippen molar-refractivity contribution in [2.24, 2.45) is 0 Å². The molecule has 3 aromatic rings. The molecule has 0 saturated carbocycles. The van der Waals surface area contributed by atoms with Crippen LogP contribution in [0.15, 0.2) is 77.7 Å². The number of carbonyl (C=O) groups is 1. The predicted octanol–water partition coefficient (Wildman–Crippen LogP) is 3.78. The molecule has 0 aromatic heterocycles. The molecular weight excluding hydrogens is 493 g/mol. The molecule has 0 spiro atoms. The number of anilines is 2. The molecule has 10 heteroatoms. The Morgan fingerprint density at radius 1 is 0.914 bits per heavy atom. The van der Waals surface area contributed by atoms with E-state index in [2.05, 4.69) is 4.90 Å². The number of para-hydroxylation sites is 2. The molecule has 35 heavy (non-hydrogen) atoms. The zero-order valence-electron chi connectivity index (χ0n) is 18.7. The minimum Gasteiger partial charge on any atom is -0.476 e. The van der Waals surface area contributed by atoms with Crippen molar-refractivity contribution in [2.75, 3.05) is 41.9 Å². The molecule has 1 atom stereocenters. The molecule has 1 saturated heterocycles. The molecule has 0 bridgehead atoms. The van der Waals surface area contributed by atoms with Crippen LogP contribution in [-0.2, 0) is 14.8 Å². The maximum absolute atomic E-state index is 13.5. The summed E-state index contributed by atoms with van der Waals surface area (Å²) in [4.78, 5) is 17.2. The Labute approximate surface area is 208 Å². The normalized spacial score (nSPS) is 18.1. The Morgan fingerprint density at radius 3 is 2.26 bits per heavy atom. The third-order valence-corrected chi connectivity index (χ3v) is 8.24. The second kappa shape index (κ2) is 9.39. The van der Waals surface area contributed by atoms with Crippen LogP contribution in [0.5, 0.6) is 5.75 Å². The molecule has 0 unspecified atom stereocenters. The van der Waals surface area contributed by atoms with Gasteiger partial charge >= 0.3 is 0 Å². The summed E-state index contributed by atoms with van der Waals surface area (Å²) in [5, 5.41) is 0.430. The predicted molar refractivity (Wildman–Crippen MR) is 132 cm³/mol. The molecule has 2 aliphatic heterocycles. The number of amides is 1. The van der Waals surface area contributed by atoms with E-state index in [9.17, 15) is 17.6 Å². The van der Waals surface area contributed by atoms with Crippen LogP contribution < -0.4 is 13.9 Å². The van der Waals surface area contributed by atoms with Crippen LogP contribution in [0.3, 0.4) is 0 Å². The molecule has 0 N–H and O–H groups in total. The first-order valence-corrected chi connectivity index (χ1v) is 13.0. The fraction of sp³-hybridized carbons (Fsp3) is 0.240. The zero-order chi connectivity index (χ0) is 24.6. The number of rotatable bonds is 4. The Hall–Kier alpha value is -3.30. The van der Waals surface area contributed by atoms with E-state index >= 15 is 0 Å². The molecule has 0 radical (unpaired) electrons. The van der Waals surface area contributed by atoms with Gasteiger partial charge in [0.1, 0.15) is 11.6 Å². The molecule has 182 valence electrons. The number of hydrogen-bond donors (Lipinski definition) is 0. The van der Waals surface area contributed by atoms with Crippen LogP contribution >= 0.6 is 11.6 Å². The molecule has 5 rings (SSSR count). The fourth-order valence-corrected chi connectivity index (χ4v) is 5.93. The van der Waals surface area contributed by atoms with Crippen molar-refractivity contribution in [3.63, 3.8) is 0 Å². The van der Waals surface area contributed by atoms with Crippen LogP contribution in [0.2, 0.25) is 5.02 Å². The summed E-state index contributed by atoms with van der Waals surface area (Å²) in [7, 11) is -3.95. The number of nitrogens with zero attached hydrogens (tertiary/aromatic N) is 3. The molecule has 1 fully saturated rings. The number of halogens is 2. The van der Waals surface area contributed by atoms with Gasteiger partial charge in [0.05, 0.1) is 17.1 Å². The van der Waals surface area contributed by atoms with Crippen LogP contribution in [0.4, 0.5) is 15.8 Å². The number of sulfonamides is 1. The minimum absolute atomic E-state index is 0.0812. The molecule has 2 aliphatic rings. The topological polar surface area (TPSA) is 70.2 Å². The molecule has 3 aromatic carbocycles. The van der Waals surface area contributed by atoms with Crippen molar-refractivity contribution in [1.82, 2.24) is 4.90 Å². The van der Waals surface area contributed by atoms with Gasteiger partial charge in [-0.2, -0.15) is 0 Å². The summed E-state index contributed by atoms with van der Waals surface area (Å²) >= 11 is 5.94. The summed E-state index contributed by atoms with van der Waals surface area (Å²) in [5.74, 6) is -0.232. The van der Waals surface area contributed by atoms with Gasteiger partial charge in [-0.05, 0) is 60.7 Å². The van der Waals surface area contributed by atoms with E-state index in [0.29, 0.717) is 42.6 Å². The van der Waals surface area contributed by atoms with Crippen molar-refractivity contribution >= 4 is 38.9 Å². The van der Waals surface area contributed by atoms with Gasteiger partial charge in [0, 0.05) is 36.9 Å². The Kier molecular flexibility index (Phi) is 6.29. The lowest BCUT2D eigenvalue weighted by Crippen LogP contribution is -2.56. The average molecular weight is 516 g/mol. The first-order valence-electron chi connectivity index (χ1n) is 11.2. The molecule has 7 nitrogen and oxygen atoms in total. The lowest BCUT2D eigenvalue weighted by atomic mass is 10.2. The highest BCUT2D eigenvalue weighted by Crippen LogP contribution is 2.37. The van der Waals surface area contributed by atoms with E-state index in [1.165, 1.54) is 40.7 Å². The highest BCUT2D eigenvalue weighted by molar-refractivity contribution is 7.92. The maximum atomic E-state index is 13.5. The lowest BCUT2D eigenvalue weighted by Gasteiger charge is -2.40. The molecule has 0 aliphatic carbocycles. The number of fused-ring (bicyclic) bond motifs is 1. The average Bonchev–Trinajstić information content (AvgIpc) is 2.88. The van der Waals surface area contributed by atoms with Crippen LogP contribution in [0, 0.1) is 5.82 Å². The number of carbonyl (C=O) groups excluding carboxylic acids is 1. The highest BCUT2D eigenvalue weighted by Gasteiger charge is 2.39. The largest absolute Gasteiger partial charge is 0.476 e. The van der Waals surface area contributed by atoms with Crippen molar-refractivity contribution in [2.45, 2.75) is 11.0 Å². The van der Waals surface area contributed by atoms with Gasteiger partial charge in [0.15, 0.2) is 6.10 Å². The van der Waals surface area contributed by atoms with Gasteiger partial charge in [0.25, 0.3) is 15.9 Å². The van der Waals surface area contributed by atoms with Crippen molar-refractivity contribution in [3.05, 3.63) is 83.6 Å². The summed E-state index contributed by atoms with van der Waals surface area (Å²) < 4.78 is 47.4. The second-order valence-corrected chi connectivity index (χ2v) is 10.7. The van der Waals surface area contributed by atoms with E-state index in [1.54, 1.807) is 41.3 Å². The van der Waals surface area contributed by atoms with E-state index in [-0.39, 0.29) is 23.2 Å². The second-order valence-electron chi connectivity index (χ2n) is 8.35. The lowest BCUT2D eigenvalue weighted by molar-refractivity contribution is -0.138. The summed E-state index contributed by atoms with van der Waals surface area (Å²) in [6.07, 6.45) is -0.982. The molecule has 1 amide bonds. The third-order valence-electron chi connectivity index (χ3n) is 6.20. The Bertz CT molecular complexity index is 1330. The van der Waals surface area contributed by atoms with Crippen molar-refractivity contribution in [1.29, 1.82) is 0 Å². The van der Waals surface area contributed by atoms with Crippen LogP contribution in [0.1, 0.15) is 0 Å². The van der Waals surface area contributed by atoms with E-state index in [4.69, 9.17) is 16.3 Å². The number of hydrogen-bond acceptors (Lipinski definition) is 5. The van der Waals surface area contributed by atoms with Crippen LogP contribution in [0.25, 0.3) is 0 Å². The minimum atomic E-state index is -3.95. The summed E-state index contributed by atoms with van der Waals surface area (Å²) in [6, 6.07) is 19.0. The van der Waals surface area contributed by atoms with E-state index in [0.717, 1.165) is 5.69 Å². The van der Waals surface area contributed by atoms with Gasteiger partial charge in [-0.3, -0.25) is 9.10 Å². The smallest absolute Gasteiger partial charge is 0.265 e. The zero-order valence-corrected chi connectivity index (χ0v) is 20.3. The standard InChI is InChI=1S/C25H23ClFN3O4S/c26-18-5-11-21(12-6-18)35(32,33)30-17-24(34-23-4-2-1-3-22(23)30)25(31)29-15-13-28(14-16-29)20-9-7-19(27)8-10-20/h1-12,24H,13-17H2/t24-/m0/s1. The Morgan fingerprint density at radius 2 is 1.57 bits per heavy atom. The quantitative estimate of drug-likeness (QED) is 0.529. The van der Waals surface area contributed by atoms with Crippen LogP contribution in [-0.4, -0.2) is 58.1 Å². The van der Waals surface area contributed by atoms with E-state index < -0.39 is 16.1 Å². The van der Waals surface area contributed by atoms with Gasteiger partial charge in [-0.25, -0.2) is 12.8 Å². The number of benzene rings is 3. The molecular formula is C25H23ClFN3O4S. The third kappa shape index (κ3) is 4.66. The first kappa shape index (κ1) is 23.4. The molecule has 2 heterocycles. The van der Waals surface area contributed by atoms with E-state index in [1.807, 2.05) is 0 Å². The van der Waals surface area contributed by atoms with Gasteiger partial charge in [0.2, 0.25) is 0 Å². The summed E-state index contributed by atoms with van der Waals surface area (Å²) in [5.41, 5.74) is 1.27.